The molecule has 2 rings (SSSR count). The normalized spacial score (nSPS) is 22.2. The van der Waals surface area contributed by atoms with Crippen molar-refractivity contribution in [3.8, 4) is 6.07 Å². The number of aliphatic hydroxyl groups excluding tert-OH is 1. The molecule has 7 heteroatoms. The molecule has 1 aliphatic carbocycles. The highest BCUT2D eigenvalue weighted by Crippen LogP contribution is 2.23. The molecule has 120 valence electrons. The lowest BCUT2D eigenvalue weighted by Gasteiger charge is -2.25. The van der Waals surface area contributed by atoms with Crippen LogP contribution in [-0.4, -0.2) is 26.2 Å². The van der Waals surface area contributed by atoms with E-state index in [1.54, 1.807) is 0 Å². The molecule has 0 bridgehead atoms. The third-order valence-electron chi connectivity index (χ3n) is 3.87. The van der Waals surface area contributed by atoms with E-state index in [1.165, 1.54) is 12.1 Å². The number of aliphatic hydroxyl groups is 1. The first-order valence-corrected chi connectivity index (χ1v) is 8.89. The van der Waals surface area contributed by atoms with Crippen molar-refractivity contribution in [2.24, 2.45) is 5.92 Å². The van der Waals surface area contributed by atoms with E-state index in [0.29, 0.717) is 6.42 Å². The predicted molar refractivity (Wildman–Crippen MR) is 79.7 cm³/mol. The van der Waals surface area contributed by atoms with Crippen LogP contribution in [-0.2, 0) is 15.8 Å². The Balaban J connectivity index is 1.98. The maximum absolute atomic E-state index is 13.6. The Morgan fingerprint density at radius 2 is 2.18 bits per heavy atom. The molecule has 0 heterocycles. The monoisotopic (exact) mass is 326 g/mol. The third-order valence-corrected chi connectivity index (χ3v) is 5.16. The van der Waals surface area contributed by atoms with Gasteiger partial charge in [0.2, 0.25) is 10.0 Å². The number of nitrogens with one attached hydrogen (secondary N) is 1. The molecule has 1 fully saturated rings. The topological polar surface area (TPSA) is 90.2 Å². The first kappa shape index (κ1) is 16.9. The largest absolute Gasteiger partial charge is 0.393 e. The molecule has 0 spiro atoms. The van der Waals surface area contributed by atoms with E-state index in [-0.39, 0.29) is 29.7 Å². The zero-order valence-electron chi connectivity index (χ0n) is 12.1. The van der Waals surface area contributed by atoms with Crippen molar-refractivity contribution >= 4 is 10.0 Å². The molecule has 0 amide bonds. The highest BCUT2D eigenvalue weighted by molar-refractivity contribution is 7.88. The molecule has 22 heavy (non-hydrogen) atoms. The van der Waals surface area contributed by atoms with Gasteiger partial charge in [0.1, 0.15) is 5.82 Å². The predicted octanol–water partition coefficient (Wildman–Crippen LogP) is 1.67. The van der Waals surface area contributed by atoms with Crippen molar-refractivity contribution in [1.82, 2.24) is 4.72 Å². The molecule has 2 N–H and O–H groups in total. The van der Waals surface area contributed by atoms with E-state index >= 15 is 0 Å². The molecule has 0 aliphatic heterocycles. The van der Waals surface area contributed by atoms with Crippen LogP contribution in [0, 0.1) is 23.1 Å². The van der Waals surface area contributed by atoms with Crippen LogP contribution in [0.25, 0.3) is 0 Å². The minimum absolute atomic E-state index is 0.0183. The summed E-state index contributed by atoms with van der Waals surface area (Å²) in [5, 5.41) is 18.4. The summed E-state index contributed by atoms with van der Waals surface area (Å²) < 4.78 is 40.2. The van der Waals surface area contributed by atoms with Gasteiger partial charge in [-0.2, -0.15) is 5.26 Å². The number of nitrogens with zero attached hydrogens (tertiary/aromatic N) is 1. The van der Waals surface area contributed by atoms with Gasteiger partial charge >= 0.3 is 0 Å². The maximum atomic E-state index is 13.6. The number of hydrogen-bond donors (Lipinski definition) is 2. The van der Waals surface area contributed by atoms with Gasteiger partial charge in [0.05, 0.1) is 23.5 Å². The zero-order valence-corrected chi connectivity index (χ0v) is 12.9. The van der Waals surface area contributed by atoms with E-state index in [9.17, 15) is 17.9 Å². The second-order valence-corrected chi connectivity index (χ2v) is 7.52. The summed E-state index contributed by atoms with van der Waals surface area (Å²) in [5.74, 6) is -1.03. The van der Waals surface area contributed by atoms with Crippen LogP contribution in [0.1, 0.15) is 36.8 Å². The second-order valence-electron chi connectivity index (χ2n) is 5.71. The highest BCUT2D eigenvalue weighted by Gasteiger charge is 2.22. The Bertz CT molecular complexity index is 670. The van der Waals surface area contributed by atoms with Crippen molar-refractivity contribution in [1.29, 1.82) is 5.26 Å². The van der Waals surface area contributed by atoms with Gasteiger partial charge in [0.25, 0.3) is 0 Å². The molecule has 5 nitrogen and oxygen atoms in total. The van der Waals surface area contributed by atoms with Crippen molar-refractivity contribution in [2.75, 3.05) is 6.54 Å². The summed E-state index contributed by atoms with van der Waals surface area (Å²) in [6.07, 6.45) is 2.73. The maximum Gasteiger partial charge on any atom is 0.215 e. The fourth-order valence-corrected chi connectivity index (χ4v) is 3.93. The summed E-state index contributed by atoms with van der Waals surface area (Å²) in [6.45, 7) is 0.249. The molecule has 1 saturated carbocycles. The smallest absolute Gasteiger partial charge is 0.215 e. The van der Waals surface area contributed by atoms with Gasteiger partial charge in [0, 0.05) is 12.1 Å². The molecule has 2 atom stereocenters. The summed E-state index contributed by atoms with van der Waals surface area (Å²) in [7, 11) is -3.68. The quantitative estimate of drug-likeness (QED) is 0.861. The molecule has 1 aromatic carbocycles. The van der Waals surface area contributed by atoms with Crippen molar-refractivity contribution in [3.63, 3.8) is 0 Å². The van der Waals surface area contributed by atoms with Crippen LogP contribution in [0.2, 0.25) is 0 Å². The van der Waals surface area contributed by atoms with E-state index in [4.69, 9.17) is 5.26 Å². The van der Waals surface area contributed by atoms with Crippen molar-refractivity contribution in [2.45, 2.75) is 37.5 Å². The molecular formula is C15H19FN2O3S. The van der Waals surface area contributed by atoms with Crippen LogP contribution < -0.4 is 4.72 Å². The first-order chi connectivity index (χ1) is 10.4. The molecule has 0 radical (unpaired) electrons. The third kappa shape index (κ3) is 4.77. The lowest BCUT2D eigenvalue weighted by Crippen LogP contribution is -2.33. The minimum Gasteiger partial charge on any atom is -0.393 e. The van der Waals surface area contributed by atoms with Crippen LogP contribution in [0.3, 0.4) is 0 Å². The fraction of sp³-hybridized carbons (Fsp3) is 0.533. The summed E-state index contributed by atoms with van der Waals surface area (Å²) in [4.78, 5) is 0. The standard InChI is InChI=1S/C15H19FN2O3S/c16-15-5-4-11(8-17)6-13(15)10-22(20,21)18-9-12-2-1-3-14(19)7-12/h4-6,12,14,18-19H,1-3,7,9-10H2. The minimum atomic E-state index is -3.68. The number of benzene rings is 1. The number of rotatable bonds is 5. The fourth-order valence-electron chi connectivity index (χ4n) is 2.70. The second kappa shape index (κ2) is 7.18. The summed E-state index contributed by atoms with van der Waals surface area (Å²) in [5.41, 5.74) is 0.206. The van der Waals surface area contributed by atoms with Crippen molar-refractivity contribution in [3.05, 3.63) is 35.1 Å². The van der Waals surface area contributed by atoms with Crippen molar-refractivity contribution < 1.29 is 17.9 Å². The van der Waals surface area contributed by atoms with Crippen LogP contribution in [0.4, 0.5) is 4.39 Å². The van der Waals surface area contributed by atoms with Gasteiger partial charge in [-0.05, 0) is 43.4 Å². The lowest BCUT2D eigenvalue weighted by molar-refractivity contribution is 0.102. The number of nitriles is 1. The number of halogens is 1. The van der Waals surface area contributed by atoms with Gasteiger partial charge in [-0.15, -0.1) is 0 Å². The SMILES string of the molecule is N#Cc1ccc(F)c(CS(=O)(=O)NCC2CCCC(O)C2)c1. The Hall–Kier alpha value is -1.49. The first-order valence-electron chi connectivity index (χ1n) is 7.23. The van der Waals surface area contributed by atoms with Gasteiger partial charge in [-0.3, -0.25) is 0 Å². The van der Waals surface area contributed by atoms with Gasteiger partial charge < -0.3 is 5.11 Å². The Morgan fingerprint density at radius 3 is 2.86 bits per heavy atom. The van der Waals surface area contributed by atoms with Crippen LogP contribution in [0.5, 0.6) is 0 Å². The zero-order chi connectivity index (χ0) is 16.2. The van der Waals surface area contributed by atoms with E-state index in [1.807, 2.05) is 6.07 Å². The number of hydrogen-bond acceptors (Lipinski definition) is 4. The molecule has 0 saturated heterocycles. The molecule has 2 unspecified atom stereocenters. The summed E-state index contributed by atoms with van der Waals surface area (Å²) in [6, 6.07) is 5.51. The van der Waals surface area contributed by atoms with E-state index in [2.05, 4.69) is 4.72 Å². The molecular weight excluding hydrogens is 307 g/mol. The van der Waals surface area contributed by atoms with Gasteiger partial charge in [0.15, 0.2) is 0 Å². The van der Waals surface area contributed by atoms with Gasteiger partial charge in [-0.25, -0.2) is 17.5 Å². The highest BCUT2D eigenvalue weighted by atomic mass is 32.2. The molecule has 0 aromatic heterocycles. The van der Waals surface area contributed by atoms with E-state index < -0.39 is 21.6 Å². The van der Waals surface area contributed by atoms with Gasteiger partial charge in [-0.1, -0.05) is 6.42 Å². The lowest BCUT2D eigenvalue weighted by atomic mass is 9.87. The Kier molecular flexibility index (Phi) is 5.51. The Labute approximate surface area is 129 Å². The average molecular weight is 326 g/mol. The van der Waals surface area contributed by atoms with E-state index in [0.717, 1.165) is 25.3 Å². The van der Waals surface area contributed by atoms with Crippen LogP contribution >= 0.6 is 0 Å². The Morgan fingerprint density at radius 1 is 1.41 bits per heavy atom. The molecule has 1 aliphatic rings. The number of sulfonamides is 1. The molecule has 1 aromatic rings. The summed E-state index contributed by atoms with van der Waals surface area (Å²) >= 11 is 0. The average Bonchev–Trinajstić information content (AvgIpc) is 2.47. The van der Waals surface area contributed by atoms with Crippen LogP contribution in [0.15, 0.2) is 18.2 Å².